The molecule has 0 aromatic carbocycles. The molecule has 0 fully saturated rings. The van der Waals surface area contributed by atoms with Gasteiger partial charge in [-0.2, -0.15) is 0 Å². The van der Waals surface area contributed by atoms with E-state index in [9.17, 15) is 13.6 Å². The van der Waals surface area contributed by atoms with E-state index in [0.717, 1.165) is 6.92 Å². The van der Waals surface area contributed by atoms with Crippen molar-refractivity contribution in [3.05, 3.63) is 0 Å². The lowest BCUT2D eigenvalue weighted by molar-refractivity contribution is -0.117. The van der Waals surface area contributed by atoms with Gasteiger partial charge in [0.2, 0.25) is 5.91 Å². The zero-order valence-corrected chi connectivity index (χ0v) is 4.45. The van der Waals surface area contributed by atoms with Crippen molar-refractivity contribution in [3.8, 4) is 0 Å². The van der Waals surface area contributed by atoms with E-state index < -0.39 is 17.2 Å². The molecule has 0 aliphatic carbocycles. The van der Waals surface area contributed by atoms with Crippen molar-refractivity contribution in [2.45, 2.75) is 6.92 Å². The van der Waals surface area contributed by atoms with E-state index in [1.54, 1.807) is 4.72 Å². The molecular formula is C2H4NO3S-. The van der Waals surface area contributed by atoms with Gasteiger partial charge in [0.05, 0.1) is 0 Å². The number of nitrogens with one attached hydrogen (secondary N) is 1. The summed E-state index contributed by atoms with van der Waals surface area (Å²) >= 11 is -2.45. The summed E-state index contributed by atoms with van der Waals surface area (Å²) in [5, 5.41) is 0. The van der Waals surface area contributed by atoms with Crippen molar-refractivity contribution in [2.75, 3.05) is 0 Å². The van der Waals surface area contributed by atoms with Crippen molar-refractivity contribution in [1.29, 1.82) is 0 Å². The molecule has 1 unspecified atom stereocenters. The van der Waals surface area contributed by atoms with Crippen LogP contribution in [0, 0.1) is 0 Å². The van der Waals surface area contributed by atoms with Crippen molar-refractivity contribution in [3.63, 3.8) is 0 Å². The number of hydrogen-bond acceptors (Lipinski definition) is 3. The zero-order chi connectivity index (χ0) is 5.86. The van der Waals surface area contributed by atoms with E-state index in [-0.39, 0.29) is 0 Å². The maximum Gasteiger partial charge on any atom is 0.227 e. The summed E-state index contributed by atoms with van der Waals surface area (Å²) in [5.74, 6) is -0.576. The highest BCUT2D eigenvalue weighted by atomic mass is 32.2. The molecule has 5 heteroatoms. The predicted octanol–water partition coefficient (Wildman–Crippen LogP) is -1.08. The van der Waals surface area contributed by atoms with Gasteiger partial charge in [-0.05, 0) is 0 Å². The second-order valence-corrected chi connectivity index (χ2v) is 1.57. The van der Waals surface area contributed by atoms with E-state index >= 15 is 0 Å². The molecule has 0 heterocycles. The molecule has 7 heavy (non-hydrogen) atoms. The lowest BCUT2D eigenvalue weighted by atomic mass is 10.8. The van der Waals surface area contributed by atoms with Crippen LogP contribution in [-0.4, -0.2) is 14.7 Å². The lowest BCUT2D eigenvalue weighted by Crippen LogP contribution is -2.21. The third-order valence-electron chi connectivity index (χ3n) is 0.227. The topological polar surface area (TPSA) is 69.2 Å². The van der Waals surface area contributed by atoms with Gasteiger partial charge in [-0.25, -0.2) is 0 Å². The Morgan fingerprint density at radius 3 is 2.29 bits per heavy atom. The lowest BCUT2D eigenvalue weighted by Gasteiger charge is -2.01. The van der Waals surface area contributed by atoms with Crippen LogP contribution < -0.4 is 4.72 Å². The summed E-state index contributed by atoms with van der Waals surface area (Å²) in [7, 11) is 0. The van der Waals surface area contributed by atoms with Crippen LogP contribution in [-0.2, 0) is 16.1 Å². The fraction of sp³-hybridized carbons (Fsp3) is 0.500. The first-order valence-corrected chi connectivity index (χ1v) is 2.57. The molecule has 0 radical (unpaired) electrons. The molecule has 0 bridgehead atoms. The van der Waals surface area contributed by atoms with Crippen molar-refractivity contribution >= 4 is 17.2 Å². The van der Waals surface area contributed by atoms with Gasteiger partial charge in [-0.15, -0.1) is 0 Å². The van der Waals surface area contributed by atoms with Crippen LogP contribution in [0.2, 0.25) is 0 Å². The highest BCUT2D eigenvalue weighted by molar-refractivity contribution is 7.77. The zero-order valence-electron chi connectivity index (χ0n) is 3.63. The smallest absolute Gasteiger partial charge is 0.227 e. The number of carbonyl (C=O) groups is 1. The third kappa shape index (κ3) is 5.58. The average Bonchev–Trinajstić information content (AvgIpc) is 1.27. The van der Waals surface area contributed by atoms with Crippen molar-refractivity contribution in [1.82, 2.24) is 4.72 Å². The minimum atomic E-state index is -2.45. The summed E-state index contributed by atoms with van der Waals surface area (Å²) in [5.41, 5.74) is 0. The summed E-state index contributed by atoms with van der Waals surface area (Å²) in [6.07, 6.45) is 0. The minimum absolute atomic E-state index is 0.576. The standard InChI is InChI=1S/C2H5NO3S/c1-2(4)3-7(5)6/h1H3,(H,3,4)(H,5,6)/p-1. The Labute approximate surface area is 43.3 Å². The largest absolute Gasteiger partial charge is 0.755 e. The van der Waals surface area contributed by atoms with Crippen LogP contribution in [0.1, 0.15) is 6.92 Å². The molecule has 0 rings (SSSR count). The maximum absolute atomic E-state index is 9.75. The van der Waals surface area contributed by atoms with Crippen LogP contribution in [0.25, 0.3) is 0 Å². The van der Waals surface area contributed by atoms with E-state index in [0.29, 0.717) is 0 Å². The maximum atomic E-state index is 9.75. The van der Waals surface area contributed by atoms with Gasteiger partial charge in [-0.1, -0.05) is 0 Å². The van der Waals surface area contributed by atoms with Gasteiger partial charge in [0.15, 0.2) is 0 Å². The SMILES string of the molecule is CC(=O)NS(=O)[O-]. The monoisotopic (exact) mass is 122 g/mol. The second-order valence-electron chi connectivity index (χ2n) is 0.893. The number of amides is 1. The Balaban J connectivity index is 3.32. The second kappa shape index (κ2) is 2.70. The van der Waals surface area contributed by atoms with Crippen LogP contribution >= 0.6 is 0 Å². The first kappa shape index (κ1) is 6.58. The number of carbonyl (C=O) groups excluding carboxylic acids is 1. The summed E-state index contributed by atoms with van der Waals surface area (Å²) in [6.45, 7) is 1.12. The molecule has 1 N–H and O–H groups in total. The normalized spacial score (nSPS) is 12.9. The quantitative estimate of drug-likeness (QED) is 0.449. The molecular weight excluding hydrogens is 118 g/mol. The van der Waals surface area contributed by atoms with Crippen molar-refractivity contribution < 1.29 is 13.6 Å². The molecule has 0 aliphatic rings. The third-order valence-corrected chi connectivity index (χ3v) is 0.681. The fourth-order valence-corrected chi connectivity index (χ4v) is 0.352. The molecule has 1 amide bonds. The summed E-state index contributed by atoms with van der Waals surface area (Å²) < 4.78 is 20.5. The molecule has 1 atom stereocenters. The van der Waals surface area contributed by atoms with E-state index in [4.69, 9.17) is 0 Å². The molecule has 0 saturated carbocycles. The Morgan fingerprint density at radius 1 is 1.86 bits per heavy atom. The Bertz CT molecular complexity index is 89.1. The van der Waals surface area contributed by atoms with Gasteiger partial charge >= 0.3 is 0 Å². The number of rotatable bonds is 1. The average molecular weight is 122 g/mol. The van der Waals surface area contributed by atoms with Crippen LogP contribution in [0.15, 0.2) is 0 Å². The molecule has 42 valence electrons. The van der Waals surface area contributed by atoms with Crippen LogP contribution in [0.5, 0.6) is 0 Å². The molecule has 0 aromatic rings. The minimum Gasteiger partial charge on any atom is -0.755 e. The van der Waals surface area contributed by atoms with E-state index in [2.05, 4.69) is 0 Å². The fourth-order valence-electron chi connectivity index (χ4n) is 0.117. The summed E-state index contributed by atoms with van der Waals surface area (Å²) in [6, 6.07) is 0. The molecule has 0 saturated heterocycles. The summed E-state index contributed by atoms with van der Waals surface area (Å²) in [4.78, 5) is 9.75. The highest BCUT2D eigenvalue weighted by Gasteiger charge is 1.83. The molecule has 0 spiro atoms. The first-order chi connectivity index (χ1) is 3.13. The molecule has 4 nitrogen and oxygen atoms in total. The van der Waals surface area contributed by atoms with Gasteiger partial charge in [0.1, 0.15) is 0 Å². The van der Waals surface area contributed by atoms with E-state index in [1.165, 1.54) is 0 Å². The first-order valence-electron chi connectivity index (χ1n) is 1.49. The Kier molecular flexibility index (Phi) is 2.54. The Hall–Kier alpha value is -0.420. The molecule has 0 aliphatic heterocycles. The Morgan fingerprint density at radius 2 is 2.29 bits per heavy atom. The number of hydrogen-bond donors (Lipinski definition) is 1. The predicted molar refractivity (Wildman–Crippen MR) is 22.7 cm³/mol. The van der Waals surface area contributed by atoms with Gasteiger partial charge in [-0.3, -0.25) is 13.7 Å². The van der Waals surface area contributed by atoms with Crippen molar-refractivity contribution in [2.24, 2.45) is 0 Å². The van der Waals surface area contributed by atoms with Gasteiger partial charge in [0.25, 0.3) is 0 Å². The highest BCUT2D eigenvalue weighted by Crippen LogP contribution is 1.60. The van der Waals surface area contributed by atoms with Crippen LogP contribution in [0.4, 0.5) is 0 Å². The molecule has 0 aromatic heterocycles. The van der Waals surface area contributed by atoms with Gasteiger partial charge < -0.3 is 4.55 Å². The van der Waals surface area contributed by atoms with Crippen LogP contribution in [0.3, 0.4) is 0 Å². The van der Waals surface area contributed by atoms with Gasteiger partial charge in [0, 0.05) is 18.2 Å². The van der Waals surface area contributed by atoms with E-state index in [1.807, 2.05) is 0 Å².